The zero-order valence-corrected chi connectivity index (χ0v) is 17.8. The highest BCUT2D eigenvalue weighted by Crippen LogP contribution is 2.29. The highest BCUT2D eigenvalue weighted by Gasteiger charge is 2.14. The predicted octanol–water partition coefficient (Wildman–Crippen LogP) is 5.46. The molecule has 0 bridgehead atoms. The summed E-state index contributed by atoms with van der Waals surface area (Å²) in [6.45, 7) is 0.233. The molecule has 0 aliphatic rings. The fourth-order valence-corrected chi connectivity index (χ4v) is 3.27. The Morgan fingerprint density at radius 2 is 1.87 bits per heavy atom. The van der Waals surface area contributed by atoms with Crippen LogP contribution in [0.1, 0.15) is 36.4 Å². The van der Waals surface area contributed by atoms with Crippen molar-refractivity contribution in [2.75, 3.05) is 6.61 Å². The SMILES string of the molecule is Oc1ccc(Br)cc1[C@H](O)CC=C=C(COc1ccccc1)C[C@@H](O)c1ccco1. The molecule has 0 radical (unpaired) electrons. The van der Waals surface area contributed by atoms with Gasteiger partial charge in [0.1, 0.15) is 30.0 Å². The average molecular weight is 471 g/mol. The van der Waals surface area contributed by atoms with Crippen LogP contribution in [0.2, 0.25) is 0 Å². The van der Waals surface area contributed by atoms with Crippen LogP contribution in [0.25, 0.3) is 0 Å². The third-order valence-corrected chi connectivity index (χ3v) is 4.96. The monoisotopic (exact) mass is 470 g/mol. The van der Waals surface area contributed by atoms with Crippen molar-refractivity contribution in [3.63, 3.8) is 0 Å². The molecule has 0 aliphatic heterocycles. The highest BCUT2D eigenvalue weighted by molar-refractivity contribution is 9.10. The van der Waals surface area contributed by atoms with E-state index in [1.54, 1.807) is 30.3 Å². The van der Waals surface area contributed by atoms with Crippen LogP contribution < -0.4 is 4.74 Å². The van der Waals surface area contributed by atoms with E-state index in [1.807, 2.05) is 30.3 Å². The van der Waals surface area contributed by atoms with Crippen molar-refractivity contribution in [1.82, 2.24) is 0 Å². The number of halogens is 1. The van der Waals surface area contributed by atoms with Crippen LogP contribution in [0, 0.1) is 0 Å². The molecular weight excluding hydrogens is 448 g/mol. The molecule has 30 heavy (non-hydrogen) atoms. The maximum Gasteiger partial charge on any atom is 0.132 e. The van der Waals surface area contributed by atoms with Gasteiger partial charge in [-0.05, 0) is 48.5 Å². The quantitative estimate of drug-likeness (QED) is 0.362. The van der Waals surface area contributed by atoms with Crippen molar-refractivity contribution in [2.24, 2.45) is 0 Å². The number of ether oxygens (including phenoxy) is 1. The summed E-state index contributed by atoms with van der Waals surface area (Å²) in [4.78, 5) is 0. The molecule has 0 fully saturated rings. The number of furan rings is 1. The highest BCUT2D eigenvalue weighted by atomic mass is 79.9. The first-order valence-electron chi connectivity index (χ1n) is 9.51. The molecule has 3 rings (SSSR count). The normalized spacial score (nSPS) is 12.6. The van der Waals surface area contributed by atoms with Crippen LogP contribution in [-0.2, 0) is 0 Å². The van der Waals surface area contributed by atoms with Gasteiger partial charge in [0, 0.05) is 28.5 Å². The summed E-state index contributed by atoms with van der Waals surface area (Å²) in [7, 11) is 0. The molecule has 0 unspecified atom stereocenters. The van der Waals surface area contributed by atoms with E-state index < -0.39 is 12.2 Å². The molecule has 2 atom stereocenters. The van der Waals surface area contributed by atoms with E-state index in [0.717, 1.165) is 4.47 Å². The van der Waals surface area contributed by atoms with Gasteiger partial charge in [0.2, 0.25) is 0 Å². The maximum atomic E-state index is 10.4. The number of rotatable bonds is 9. The summed E-state index contributed by atoms with van der Waals surface area (Å²) in [5, 5.41) is 30.8. The largest absolute Gasteiger partial charge is 0.508 e. The van der Waals surface area contributed by atoms with Gasteiger partial charge in [-0.2, -0.15) is 0 Å². The number of aliphatic hydroxyl groups excluding tert-OH is 2. The number of aliphatic hydroxyl groups is 2. The molecule has 156 valence electrons. The van der Waals surface area contributed by atoms with Gasteiger partial charge in [-0.25, -0.2) is 0 Å². The summed E-state index contributed by atoms with van der Waals surface area (Å²) in [5.41, 5.74) is 4.28. The third kappa shape index (κ3) is 6.37. The minimum Gasteiger partial charge on any atom is -0.508 e. The Kier molecular flexibility index (Phi) is 7.94. The molecule has 3 aromatic rings. The van der Waals surface area contributed by atoms with Gasteiger partial charge in [0.15, 0.2) is 0 Å². The Bertz CT molecular complexity index is 992. The van der Waals surface area contributed by atoms with Crippen LogP contribution in [0.5, 0.6) is 11.5 Å². The number of para-hydroxylation sites is 1. The molecule has 0 aliphatic carbocycles. The van der Waals surface area contributed by atoms with Crippen LogP contribution in [0.4, 0.5) is 0 Å². The minimum atomic E-state index is -0.888. The zero-order chi connectivity index (χ0) is 21.3. The van der Waals surface area contributed by atoms with Crippen molar-refractivity contribution < 1.29 is 24.5 Å². The summed E-state index contributed by atoms with van der Waals surface area (Å²) in [6, 6.07) is 17.7. The number of benzene rings is 2. The Morgan fingerprint density at radius 1 is 1.07 bits per heavy atom. The Morgan fingerprint density at radius 3 is 2.60 bits per heavy atom. The van der Waals surface area contributed by atoms with Gasteiger partial charge in [-0.1, -0.05) is 34.1 Å². The second-order valence-electron chi connectivity index (χ2n) is 6.74. The second-order valence-corrected chi connectivity index (χ2v) is 7.66. The first-order valence-corrected chi connectivity index (χ1v) is 10.3. The Balaban J connectivity index is 1.73. The molecule has 0 spiro atoms. The lowest BCUT2D eigenvalue weighted by Gasteiger charge is -2.12. The molecular formula is C24H23BrO5. The van der Waals surface area contributed by atoms with Crippen LogP contribution >= 0.6 is 15.9 Å². The maximum absolute atomic E-state index is 10.4. The molecule has 0 amide bonds. The fourth-order valence-electron chi connectivity index (χ4n) is 2.90. The van der Waals surface area contributed by atoms with Gasteiger partial charge < -0.3 is 24.5 Å². The van der Waals surface area contributed by atoms with Crippen LogP contribution in [-0.4, -0.2) is 21.9 Å². The number of hydrogen-bond acceptors (Lipinski definition) is 5. The summed E-state index contributed by atoms with van der Waals surface area (Å²) in [5.74, 6) is 1.21. The lowest BCUT2D eigenvalue weighted by Crippen LogP contribution is -2.05. The van der Waals surface area contributed by atoms with Gasteiger partial charge in [-0.3, -0.25) is 0 Å². The van der Waals surface area contributed by atoms with E-state index in [4.69, 9.17) is 9.15 Å². The van der Waals surface area contributed by atoms with E-state index in [1.165, 1.54) is 12.3 Å². The molecule has 5 nitrogen and oxygen atoms in total. The predicted molar refractivity (Wildman–Crippen MR) is 117 cm³/mol. The summed E-state index contributed by atoms with van der Waals surface area (Å²) in [6.07, 6.45) is 2.00. The average Bonchev–Trinajstić information content (AvgIpc) is 3.29. The number of hydrogen-bond donors (Lipinski definition) is 3. The first-order chi connectivity index (χ1) is 14.5. The third-order valence-electron chi connectivity index (χ3n) is 4.46. The molecule has 3 N–H and O–H groups in total. The number of aromatic hydroxyl groups is 1. The summed E-state index contributed by atoms with van der Waals surface area (Å²) < 4.78 is 11.8. The van der Waals surface area contributed by atoms with Gasteiger partial charge in [-0.15, -0.1) is 5.73 Å². The minimum absolute atomic E-state index is 0.0314. The van der Waals surface area contributed by atoms with Crippen LogP contribution in [0.15, 0.2) is 93.2 Å². The van der Waals surface area contributed by atoms with Crippen LogP contribution in [0.3, 0.4) is 0 Å². The van der Waals surface area contributed by atoms with E-state index in [9.17, 15) is 15.3 Å². The second kappa shape index (κ2) is 10.9. The van der Waals surface area contributed by atoms with E-state index >= 15 is 0 Å². The van der Waals surface area contributed by atoms with Crippen molar-refractivity contribution in [3.8, 4) is 11.5 Å². The smallest absolute Gasteiger partial charge is 0.132 e. The molecule has 1 heterocycles. The van der Waals surface area contributed by atoms with Gasteiger partial charge >= 0.3 is 0 Å². The zero-order valence-electron chi connectivity index (χ0n) is 16.2. The Labute approximate surface area is 183 Å². The molecule has 6 heteroatoms. The van der Waals surface area contributed by atoms with E-state index in [2.05, 4.69) is 21.7 Å². The summed E-state index contributed by atoms with van der Waals surface area (Å²) >= 11 is 3.34. The van der Waals surface area contributed by atoms with Crippen molar-refractivity contribution in [2.45, 2.75) is 25.0 Å². The van der Waals surface area contributed by atoms with Crippen molar-refractivity contribution >= 4 is 15.9 Å². The topological polar surface area (TPSA) is 83.1 Å². The fraction of sp³-hybridized carbons (Fsp3) is 0.208. The van der Waals surface area contributed by atoms with Gasteiger partial charge in [0.05, 0.1) is 12.4 Å². The van der Waals surface area contributed by atoms with E-state index in [0.29, 0.717) is 22.6 Å². The molecule has 1 aromatic heterocycles. The van der Waals surface area contributed by atoms with Crippen molar-refractivity contribution in [1.29, 1.82) is 0 Å². The standard InChI is InChI=1S/C24H23BrO5/c25-18-11-12-22(27)20(15-18)21(26)9-4-6-17(14-23(28)24-10-5-13-29-24)16-30-19-7-2-1-3-8-19/h1-5,7-8,10-13,15,21,23,26-28H,9,14,16H2/t6?,21-,23-/m1/s1. The molecule has 0 saturated carbocycles. The molecule has 0 saturated heterocycles. The lowest BCUT2D eigenvalue weighted by atomic mass is 10.0. The number of phenolic OH excluding ortho intramolecular Hbond substituents is 1. The van der Waals surface area contributed by atoms with Crippen molar-refractivity contribution in [3.05, 3.63) is 100 Å². The lowest BCUT2D eigenvalue weighted by molar-refractivity contribution is 0.146. The first kappa shape index (κ1) is 21.9. The van der Waals surface area contributed by atoms with E-state index in [-0.39, 0.29) is 25.2 Å². The molecule has 2 aromatic carbocycles. The van der Waals surface area contributed by atoms with Gasteiger partial charge in [0.25, 0.3) is 0 Å². The number of phenols is 1. The Hall–Kier alpha value is -2.76.